The number of hydrogen-bond donors (Lipinski definition) is 1. The molecule has 86 valence electrons. The summed E-state index contributed by atoms with van der Waals surface area (Å²) in [7, 11) is -3.29. The molecule has 1 aromatic rings. The van der Waals surface area contributed by atoms with Crippen LogP contribution in [0.5, 0.6) is 0 Å². The first-order valence-corrected chi connectivity index (χ1v) is 6.65. The molecule has 5 nitrogen and oxygen atoms in total. The van der Waals surface area contributed by atoms with Crippen LogP contribution in [0.4, 0.5) is 0 Å². The smallest absolute Gasteiger partial charge is 0.212 e. The summed E-state index contributed by atoms with van der Waals surface area (Å²) in [5.74, 6) is 0.754. The van der Waals surface area contributed by atoms with Crippen molar-refractivity contribution in [3.63, 3.8) is 0 Å². The summed E-state index contributed by atoms with van der Waals surface area (Å²) < 4.78 is 30.1. The van der Waals surface area contributed by atoms with Gasteiger partial charge < -0.3 is 4.52 Å². The summed E-state index contributed by atoms with van der Waals surface area (Å²) in [5, 5.41) is 3.47. The second kappa shape index (κ2) is 5.48. The Morgan fingerprint density at radius 1 is 1.67 bits per heavy atom. The highest BCUT2D eigenvalue weighted by Gasteiger charge is 2.15. The molecule has 1 unspecified atom stereocenters. The molecule has 1 atom stereocenters. The number of halogens is 1. The van der Waals surface area contributed by atoms with Crippen LogP contribution in [0.25, 0.3) is 0 Å². The molecule has 1 heterocycles. The first kappa shape index (κ1) is 12.5. The van der Waals surface area contributed by atoms with Crippen molar-refractivity contribution in [3.8, 4) is 0 Å². The zero-order chi connectivity index (χ0) is 11.3. The number of nitrogens with zero attached hydrogens (tertiary/aromatic N) is 1. The van der Waals surface area contributed by atoms with Crippen molar-refractivity contribution in [1.29, 1.82) is 0 Å². The lowest BCUT2D eigenvalue weighted by Crippen LogP contribution is -2.29. The molecule has 1 aromatic heterocycles. The fourth-order valence-electron chi connectivity index (χ4n) is 0.992. The highest BCUT2D eigenvalue weighted by Crippen LogP contribution is 2.03. The lowest BCUT2D eigenvalue weighted by atomic mass is 10.3. The van der Waals surface area contributed by atoms with Crippen molar-refractivity contribution >= 4 is 21.6 Å². The number of sulfonamides is 1. The lowest BCUT2D eigenvalue weighted by molar-refractivity contribution is 0.380. The molecule has 0 aliphatic carbocycles. The van der Waals surface area contributed by atoms with E-state index in [0.29, 0.717) is 11.6 Å². The molecule has 0 radical (unpaired) electrons. The number of alkyl halides is 1. The second-order valence-corrected chi connectivity index (χ2v) is 5.50. The summed E-state index contributed by atoms with van der Waals surface area (Å²) in [6, 6.07) is 1.60. The minimum absolute atomic E-state index is 0.0185. The van der Waals surface area contributed by atoms with Crippen LogP contribution in [0.15, 0.2) is 16.8 Å². The van der Waals surface area contributed by atoms with Crippen molar-refractivity contribution in [1.82, 2.24) is 9.88 Å². The largest absolute Gasteiger partial charge is 0.360 e. The maximum atomic E-state index is 11.5. The van der Waals surface area contributed by atoms with E-state index in [-0.39, 0.29) is 18.2 Å². The van der Waals surface area contributed by atoms with Gasteiger partial charge in [-0.1, -0.05) is 12.1 Å². The quantitative estimate of drug-likeness (QED) is 0.766. The molecule has 0 aromatic carbocycles. The fourth-order valence-corrected chi connectivity index (χ4v) is 2.58. The molecule has 0 fully saturated rings. The Hall–Kier alpha value is -0.590. The van der Waals surface area contributed by atoms with Crippen LogP contribution in [0, 0.1) is 5.92 Å². The molecule has 0 aliphatic heterocycles. The zero-order valence-electron chi connectivity index (χ0n) is 8.31. The van der Waals surface area contributed by atoms with Crippen molar-refractivity contribution in [2.75, 3.05) is 11.6 Å². The first-order valence-electron chi connectivity index (χ1n) is 4.46. The molecular weight excluding hydrogens is 240 g/mol. The summed E-state index contributed by atoms with van der Waals surface area (Å²) in [6.07, 6.45) is 1.46. The molecule has 0 spiro atoms. The molecule has 0 aliphatic rings. The number of hydrogen-bond acceptors (Lipinski definition) is 4. The van der Waals surface area contributed by atoms with E-state index in [0.717, 1.165) is 0 Å². The summed E-state index contributed by atoms with van der Waals surface area (Å²) in [4.78, 5) is 0. The van der Waals surface area contributed by atoms with Crippen LogP contribution in [0.1, 0.15) is 12.7 Å². The van der Waals surface area contributed by atoms with Gasteiger partial charge in [0.25, 0.3) is 0 Å². The third kappa shape index (κ3) is 4.63. The Morgan fingerprint density at radius 3 is 2.93 bits per heavy atom. The van der Waals surface area contributed by atoms with Gasteiger partial charge in [-0.3, -0.25) is 0 Å². The van der Waals surface area contributed by atoms with Crippen LogP contribution < -0.4 is 4.72 Å². The van der Waals surface area contributed by atoms with Crippen molar-refractivity contribution in [2.24, 2.45) is 5.92 Å². The summed E-state index contributed by atoms with van der Waals surface area (Å²) in [6.45, 7) is 1.90. The van der Waals surface area contributed by atoms with E-state index in [2.05, 4.69) is 9.88 Å². The highest BCUT2D eigenvalue weighted by atomic mass is 35.5. The third-order valence-electron chi connectivity index (χ3n) is 1.72. The minimum atomic E-state index is -3.29. The predicted octanol–water partition coefficient (Wildman–Crippen LogP) is 0.969. The highest BCUT2D eigenvalue weighted by molar-refractivity contribution is 7.89. The van der Waals surface area contributed by atoms with E-state index >= 15 is 0 Å². The Bertz CT molecular complexity index is 377. The molecule has 1 rings (SSSR count). The molecule has 0 amide bonds. The zero-order valence-corrected chi connectivity index (χ0v) is 9.88. The summed E-state index contributed by atoms with van der Waals surface area (Å²) >= 11 is 5.54. The second-order valence-electron chi connectivity index (χ2n) is 3.34. The molecule has 0 bridgehead atoms. The molecule has 15 heavy (non-hydrogen) atoms. The van der Waals surface area contributed by atoms with E-state index in [1.165, 1.54) is 6.20 Å². The summed E-state index contributed by atoms with van der Waals surface area (Å²) in [5.41, 5.74) is 0. The van der Waals surface area contributed by atoms with Gasteiger partial charge in [-0.15, -0.1) is 11.6 Å². The van der Waals surface area contributed by atoms with Crippen LogP contribution in [-0.2, 0) is 16.6 Å². The van der Waals surface area contributed by atoms with Gasteiger partial charge >= 0.3 is 0 Å². The Labute approximate surface area is 93.8 Å². The van der Waals surface area contributed by atoms with Gasteiger partial charge in [0.15, 0.2) is 5.76 Å². The lowest BCUT2D eigenvalue weighted by Gasteiger charge is -2.08. The van der Waals surface area contributed by atoms with Gasteiger partial charge in [0.1, 0.15) is 0 Å². The van der Waals surface area contributed by atoms with Crippen LogP contribution in [-0.4, -0.2) is 25.2 Å². The van der Waals surface area contributed by atoms with E-state index in [9.17, 15) is 8.42 Å². The predicted molar refractivity (Wildman–Crippen MR) is 57.0 cm³/mol. The van der Waals surface area contributed by atoms with Gasteiger partial charge in [0.05, 0.1) is 18.5 Å². The van der Waals surface area contributed by atoms with E-state index in [4.69, 9.17) is 16.1 Å². The monoisotopic (exact) mass is 252 g/mol. The SMILES string of the molecule is CC(CCl)CS(=O)(=O)NCc1ccno1. The van der Waals surface area contributed by atoms with Crippen LogP contribution in [0.3, 0.4) is 0 Å². The fraction of sp³-hybridized carbons (Fsp3) is 0.625. The van der Waals surface area contributed by atoms with Crippen molar-refractivity contribution < 1.29 is 12.9 Å². The average Bonchev–Trinajstić information content (AvgIpc) is 2.66. The van der Waals surface area contributed by atoms with Crippen molar-refractivity contribution in [3.05, 3.63) is 18.0 Å². The number of rotatable bonds is 6. The Morgan fingerprint density at radius 2 is 2.40 bits per heavy atom. The standard InChI is InChI=1S/C8H13ClN2O3S/c1-7(4-9)6-15(12,13)11-5-8-2-3-10-14-8/h2-3,7,11H,4-6H2,1H3. The van der Waals surface area contributed by atoms with Gasteiger partial charge in [0.2, 0.25) is 10.0 Å². The van der Waals surface area contributed by atoms with Gasteiger partial charge in [-0.05, 0) is 5.92 Å². The van der Waals surface area contributed by atoms with Gasteiger partial charge in [-0.25, -0.2) is 13.1 Å². The maximum Gasteiger partial charge on any atom is 0.212 e. The Balaban J connectivity index is 2.43. The molecule has 0 saturated heterocycles. The number of nitrogens with one attached hydrogen (secondary N) is 1. The molecule has 1 N–H and O–H groups in total. The number of aromatic nitrogens is 1. The van der Waals surface area contributed by atoms with Crippen LogP contribution in [0.2, 0.25) is 0 Å². The minimum Gasteiger partial charge on any atom is -0.360 e. The first-order chi connectivity index (χ1) is 7.03. The normalized spacial score (nSPS) is 14.0. The maximum absolute atomic E-state index is 11.5. The topological polar surface area (TPSA) is 72.2 Å². The molecule has 7 heteroatoms. The third-order valence-corrected chi connectivity index (χ3v) is 3.84. The van der Waals surface area contributed by atoms with Gasteiger partial charge in [-0.2, -0.15) is 0 Å². The van der Waals surface area contributed by atoms with Crippen molar-refractivity contribution in [2.45, 2.75) is 13.5 Å². The average molecular weight is 253 g/mol. The Kier molecular flexibility index (Phi) is 4.56. The van der Waals surface area contributed by atoms with E-state index in [1.54, 1.807) is 13.0 Å². The molecular formula is C8H13ClN2O3S. The van der Waals surface area contributed by atoms with E-state index in [1.807, 2.05) is 0 Å². The molecule has 0 saturated carbocycles. The van der Waals surface area contributed by atoms with Crippen LogP contribution >= 0.6 is 11.6 Å². The van der Waals surface area contributed by atoms with Gasteiger partial charge in [0, 0.05) is 11.9 Å². The van der Waals surface area contributed by atoms with E-state index < -0.39 is 10.0 Å².